The minimum Gasteiger partial charge on any atom is -0.456 e. The number of aryl methyl sites for hydroxylation is 1. The lowest BCUT2D eigenvalue weighted by Gasteiger charge is -2.34. The molecule has 2 nitrogen and oxygen atoms in total. The average Bonchev–Trinajstić information content (AvgIpc) is 2.89. The number of hydrogen-bond acceptors (Lipinski definition) is 2. The van der Waals surface area contributed by atoms with Crippen LogP contribution in [0, 0.1) is 18.3 Å². The maximum atomic E-state index is 6.86. The van der Waals surface area contributed by atoms with Crippen LogP contribution in [0.4, 0.5) is 0 Å². The summed E-state index contributed by atoms with van der Waals surface area (Å²) >= 11 is 0. The van der Waals surface area contributed by atoms with Crippen molar-refractivity contribution in [2.24, 2.45) is 11.3 Å². The lowest BCUT2D eigenvalue weighted by Crippen LogP contribution is -2.20. The summed E-state index contributed by atoms with van der Waals surface area (Å²) in [6, 6.07) is 20.7. The Morgan fingerprint density at radius 3 is 2.50 bits per heavy atom. The molecule has 7 rings (SSSR count). The second kappa shape index (κ2) is 8.56. The molecule has 0 radical (unpaired) electrons. The molecular formula is C36H37NO. The highest BCUT2D eigenvalue weighted by atomic mass is 16.5. The minimum absolute atomic E-state index is 0.481. The van der Waals surface area contributed by atoms with Crippen LogP contribution in [0.1, 0.15) is 76.0 Å². The molecule has 0 spiro atoms. The van der Waals surface area contributed by atoms with Crippen molar-refractivity contribution in [3.63, 3.8) is 0 Å². The van der Waals surface area contributed by atoms with Gasteiger partial charge in [0.2, 0.25) is 0 Å². The molecule has 0 bridgehead atoms. The van der Waals surface area contributed by atoms with Gasteiger partial charge in [0.1, 0.15) is 11.5 Å². The summed E-state index contributed by atoms with van der Waals surface area (Å²) in [7, 11) is 0. The van der Waals surface area contributed by atoms with E-state index < -0.39 is 0 Å². The van der Waals surface area contributed by atoms with E-state index in [1.165, 1.54) is 69.3 Å². The number of aromatic nitrogens is 1. The van der Waals surface area contributed by atoms with Crippen molar-refractivity contribution >= 4 is 32.3 Å². The topological polar surface area (TPSA) is 22.1 Å². The molecule has 192 valence electrons. The monoisotopic (exact) mass is 499 g/mol. The highest BCUT2D eigenvalue weighted by Gasteiger charge is 2.29. The molecule has 4 aromatic carbocycles. The molecule has 0 unspecified atom stereocenters. The summed E-state index contributed by atoms with van der Waals surface area (Å²) in [5, 5.41) is 7.53. The quantitative estimate of drug-likeness (QED) is 0.226. The molecule has 0 atom stereocenters. The molecule has 2 heteroatoms. The molecule has 2 aliphatic rings. The van der Waals surface area contributed by atoms with Crippen molar-refractivity contribution in [2.75, 3.05) is 0 Å². The van der Waals surface area contributed by atoms with Crippen molar-refractivity contribution in [1.29, 1.82) is 0 Å². The van der Waals surface area contributed by atoms with Crippen LogP contribution >= 0.6 is 0 Å². The maximum Gasteiger partial charge on any atom is 0.140 e. The van der Waals surface area contributed by atoms with Crippen LogP contribution in [0.15, 0.2) is 60.8 Å². The Bertz CT molecular complexity index is 1730. The Balaban J connectivity index is 1.44. The van der Waals surface area contributed by atoms with Gasteiger partial charge in [-0.25, -0.2) is 0 Å². The van der Waals surface area contributed by atoms with Crippen molar-refractivity contribution in [3.8, 4) is 22.8 Å². The van der Waals surface area contributed by atoms with Crippen molar-refractivity contribution < 1.29 is 4.74 Å². The fourth-order valence-electron chi connectivity index (χ4n) is 6.95. The molecule has 0 saturated heterocycles. The van der Waals surface area contributed by atoms with Gasteiger partial charge in [0.05, 0.1) is 11.1 Å². The van der Waals surface area contributed by atoms with Crippen molar-refractivity contribution in [2.45, 2.75) is 72.6 Å². The Hall–Kier alpha value is -3.39. The molecular weight excluding hydrogens is 462 g/mol. The molecule has 5 aromatic rings. The Kier molecular flexibility index (Phi) is 5.34. The van der Waals surface area contributed by atoms with Crippen LogP contribution in [-0.4, -0.2) is 4.98 Å². The molecule has 0 N–H and O–H groups in total. The first-order valence-corrected chi connectivity index (χ1v) is 14.4. The van der Waals surface area contributed by atoms with E-state index in [2.05, 4.69) is 89.2 Å². The van der Waals surface area contributed by atoms with Crippen LogP contribution in [0.5, 0.6) is 11.5 Å². The molecule has 2 heterocycles. The summed E-state index contributed by atoms with van der Waals surface area (Å²) in [5.41, 5.74) is 6.72. The maximum absolute atomic E-state index is 6.86. The summed E-state index contributed by atoms with van der Waals surface area (Å²) in [5.74, 6) is 3.11. The zero-order valence-corrected chi connectivity index (χ0v) is 23.3. The molecule has 1 aliphatic heterocycles. The Morgan fingerprint density at radius 1 is 0.895 bits per heavy atom. The van der Waals surface area contributed by atoms with Gasteiger partial charge in [-0.1, -0.05) is 69.7 Å². The number of nitrogens with zero attached hydrogens (tertiary/aromatic N) is 1. The molecule has 1 aromatic heterocycles. The Labute approximate surface area is 226 Å². The largest absolute Gasteiger partial charge is 0.456 e. The number of benzene rings is 4. The van der Waals surface area contributed by atoms with Gasteiger partial charge >= 0.3 is 0 Å². The third-order valence-corrected chi connectivity index (χ3v) is 9.09. The predicted octanol–water partition coefficient (Wildman–Crippen LogP) is 10.5. The first-order valence-electron chi connectivity index (χ1n) is 14.4. The predicted molar refractivity (Wildman–Crippen MR) is 161 cm³/mol. The van der Waals surface area contributed by atoms with E-state index in [9.17, 15) is 0 Å². The zero-order valence-electron chi connectivity index (χ0n) is 23.3. The normalized spacial score (nSPS) is 16.8. The number of rotatable bonds is 3. The van der Waals surface area contributed by atoms with Crippen LogP contribution in [-0.2, 0) is 6.42 Å². The standard InChI is InChI=1S/C36H37NO/c1-21(2)16-30-27-9-6-22(3)17-26(27)19-31-34-33-28(12-15-37-34)29-18-24(23-10-13-36(4,5)14-11-23)7-8-25(29)20-32(33)38-35(30)31/h6-9,12,15,17-21,23H,10-11,13-14,16H2,1-5H3. The average molecular weight is 500 g/mol. The van der Waals surface area contributed by atoms with Gasteiger partial charge in [-0.2, -0.15) is 0 Å². The van der Waals surface area contributed by atoms with E-state index in [0.717, 1.165) is 34.6 Å². The minimum atomic E-state index is 0.481. The van der Waals surface area contributed by atoms with E-state index in [4.69, 9.17) is 9.72 Å². The van der Waals surface area contributed by atoms with Crippen LogP contribution in [0.25, 0.3) is 43.6 Å². The number of fused-ring (bicyclic) bond motifs is 5. The van der Waals surface area contributed by atoms with Gasteiger partial charge in [-0.05, 0) is 107 Å². The summed E-state index contributed by atoms with van der Waals surface area (Å²) in [6.45, 7) is 11.6. The number of hydrogen-bond donors (Lipinski definition) is 0. The van der Waals surface area contributed by atoms with E-state index in [0.29, 0.717) is 17.3 Å². The fourth-order valence-corrected chi connectivity index (χ4v) is 6.95. The van der Waals surface area contributed by atoms with E-state index in [1.807, 2.05) is 6.20 Å². The first-order chi connectivity index (χ1) is 18.3. The zero-order chi connectivity index (χ0) is 26.2. The smallest absolute Gasteiger partial charge is 0.140 e. The Morgan fingerprint density at radius 2 is 1.71 bits per heavy atom. The lowest BCUT2D eigenvalue weighted by atomic mass is 9.71. The third-order valence-electron chi connectivity index (χ3n) is 9.09. The molecule has 1 saturated carbocycles. The van der Waals surface area contributed by atoms with Gasteiger partial charge in [0.15, 0.2) is 0 Å². The van der Waals surface area contributed by atoms with E-state index in [-0.39, 0.29) is 0 Å². The van der Waals surface area contributed by atoms with Gasteiger partial charge < -0.3 is 4.74 Å². The molecule has 38 heavy (non-hydrogen) atoms. The summed E-state index contributed by atoms with van der Waals surface area (Å²) < 4.78 is 6.86. The van der Waals surface area contributed by atoms with Crippen LogP contribution < -0.4 is 4.74 Å². The summed E-state index contributed by atoms with van der Waals surface area (Å²) in [6.07, 6.45) is 8.14. The van der Waals surface area contributed by atoms with Gasteiger partial charge in [-0.15, -0.1) is 0 Å². The van der Waals surface area contributed by atoms with Crippen molar-refractivity contribution in [3.05, 3.63) is 77.5 Å². The van der Waals surface area contributed by atoms with E-state index in [1.54, 1.807) is 0 Å². The highest BCUT2D eigenvalue weighted by Crippen LogP contribution is 2.51. The van der Waals surface area contributed by atoms with E-state index >= 15 is 0 Å². The lowest BCUT2D eigenvalue weighted by molar-refractivity contribution is 0.224. The molecule has 0 amide bonds. The van der Waals surface area contributed by atoms with Gasteiger partial charge in [0, 0.05) is 17.3 Å². The SMILES string of the molecule is Cc1ccc2c(CC(C)C)c3c(cc2c1)-c1nccc2c1c(cc1ccc(C4CCC(C)(C)CC4)cc12)O3. The van der Waals surface area contributed by atoms with Crippen LogP contribution in [0.3, 0.4) is 0 Å². The molecule has 1 aliphatic carbocycles. The fraction of sp³-hybridized carbons (Fsp3) is 0.361. The second-order valence-electron chi connectivity index (χ2n) is 13.0. The first kappa shape index (κ1) is 23.7. The van der Waals surface area contributed by atoms with Crippen LogP contribution in [0.2, 0.25) is 0 Å². The number of ether oxygens (including phenoxy) is 1. The second-order valence-corrected chi connectivity index (χ2v) is 13.0. The van der Waals surface area contributed by atoms with Gasteiger partial charge in [0.25, 0.3) is 0 Å². The van der Waals surface area contributed by atoms with Gasteiger partial charge in [-0.3, -0.25) is 4.98 Å². The van der Waals surface area contributed by atoms with Crippen molar-refractivity contribution in [1.82, 2.24) is 4.98 Å². The third kappa shape index (κ3) is 3.80. The highest BCUT2D eigenvalue weighted by molar-refractivity contribution is 6.16. The molecule has 1 fully saturated rings. The summed E-state index contributed by atoms with van der Waals surface area (Å²) in [4.78, 5) is 4.98. The number of pyridine rings is 1.